The molecule has 0 saturated carbocycles. The number of sulfonamides is 1. The summed E-state index contributed by atoms with van der Waals surface area (Å²) in [5, 5.41) is 9.08. The minimum Gasteiger partial charge on any atom is -0.464 e. The Morgan fingerprint density at radius 1 is 1.22 bits per heavy atom. The van der Waals surface area contributed by atoms with Crippen LogP contribution in [0.2, 0.25) is 0 Å². The predicted molar refractivity (Wildman–Crippen MR) is 67.7 cm³/mol. The highest BCUT2D eigenvalue weighted by atomic mass is 32.2. The van der Waals surface area contributed by atoms with Crippen LogP contribution in [0.25, 0.3) is 0 Å². The van der Waals surface area contributed by atoms with Gasteiger partial charge in [0.15, 0.2) is 0 Å². The fourth-order valence-electron chi connectivity index (χ4n) is 1.50. The second kappa shape index (κ2) is 4.49. The number of nitrogens with two attached hydrogens (primary N) is 1. The van der Waals surface area contributed by atoms with Gasteiger partial charge < -0.3 is 10.8 Å². The van der Waals surface area contributed by atoms with Crippen molar-refractivity contribution in [1.82, 2.24) is 4.31 Å². The summed E-state index contributed by atoms with van der Waals surface area (Å²) in [4.78, 5) is 11.1. The van der Waals surface area contributed by atoms with E-state index in [0.717, 1.165) is 0 Å². The van der Waals surface area contributed by atoms with Crippen molar-refractivity contribution in [3.63, 3.8) is 0 Å². The minimum atomic E-state index is -4.10. The molecule has 18 heavy (non-hydrogen) atoms. The fourth-order valence-corrected chi connectivity index (χ4v) is 3.11. The lowest BCUT2D eigenvalue weighted by Crippen LogP contribution is -2.48. The van der Waals surface area contributed by atoms with Gasteiger partial charge >= 0.3 is 6.09 Å². The van der Waals surface area contributed by atoms with Crippen LogP contribution in [0.4, 0.5) is 10.5 Å². The second-order valence-corrected chi connectivity index (χ2v) is 6.58. The van der Waals surface area contributed by atoms with Crippen LogP contribution >= 0.6 is 0 Å². The first kappa shape index (κ1) is 14.3. The Morgan fingerprint density at radius 3 is 2.00 bits per heavy atom. The molecule has 0 aliphatic rings. The van der Waals surface area contributed by atoms with Crippen LogP contribution < -0.4 is 5.73 Å². The Kier molecular flexibility index (Phi) is 3.57. The molecule has 0 saturated heterocycles. The first-order chi connectivity index (χ1) is 8.06. The number of anilines is 1. The number of carboxylic acid groups (broad SMARTS) is 1. The molecular formula is C11H16N2O4S. The first-order valence-electron chi connectivity index (χ1n) is 5.21. The van der Waals surface area contributed by atoms with E-state index in [4.69, 9.17) is 10.8 Å². The highest BCUT2D eigenvalue weighted by Crippen LogP contribution is 2.25. The summed E-state index contributed by atoms with van der Waals surface area (Å²) in [5.74, 6) is 0. The average Bonchev–Trinajstić information content (AvgIpc) is 2.14. The predicted octanol–water partition coefficient (Wildman–Crippen LogP) is 1.74. The van der Waals surface area contributed by atoms with Crippen molar-refractivity contribution in [2.24, 2.45) is 0 Å². The lowest BCUT2D eigenvalue weighted by Gasteiger charge is -2.31. The van der Waals surface area contributed by atoms with Crippen LogP contribution in [-0.2, 0) is 10.0 Å². The van der Waals surface area contributed by atoms with E-state index in [9.17, 15) is 13.2 Å². The third kappa shape index (κ3) is 2.73. The molecule has 1 amide bonds. The quantitative estimate of drug-likeness (QED) is 0.798. The smallest absolute Gasteiger partial charge is 0.421 e. The number of carbonyl (C=O) groups is 1. The molecule has 6 nitrogen and oxygen atoms in total. The van der Waals surface area contributed by atoms with Gasteiger partial charge in [-0.2, -0.15) is 4.31 Å². The van der Waals surface area contributed by atoms with Crippen molar-refractivity contribution in [2.45, 2.75) is 31.2 Å². The highest BCUT2D eigenvalue weighted by molar-refractivity contribution is 7.89. The first-order valence-corrected chi connectivity index (χ1v) is 6.65. The molecule has 0 aliphatic carbocycles. The van der Waals surface area contributed by atoms with Gasteiger partial charge in [-0.1, -0.05) is 0 Å². The normalized spacial score (nSPS) is 12.2. The number of hydrogen-bond donors (Lipinski definition) is 2. The molecular weight excluding hydrogens is 256 g/mol. The Bertz CT molecular complexity index is 543. The second-order valence-electron chi connectivity index (χ2n) is 4.79. The average molecular weight is 272 g/mol. The summed E-state index contributed by atoms with van der Waals surface area (Å²) in [6.45, 7) is 4.53. The molecule has 0 aromatic heterocycles. The minimum absolute atomic E-state index is 0.103. The molecule has 1 rings (SSSR count). The zero-order valence-electron chi connectivity index (χ0n) is 10.4. The zero-order chi connectivity index (χ0) is 14.1. The van der Waals surface area contributed by atoms with E-state index in [-0.39, 0.29) is 4.90 Å². The van der Waals surface area contributed by atoms with Crippen LogP contribution in [0, 0.1) is 0 Å². The van der Waals surface area contributed by atoms with Crippen LogP contribution in [0.3, 0.4) is 0 Å². The SMILES string of the molecule is CC(C)(C)N(C(=O)O)S(=O)(=O)c1ccc(N)cc1. The van der Waals surface area contributed by atoms with Crippen molar-refractivity contribution in [3.05, 3.63) is 24.3 Å². The molecule has 3 N–H and O–H groups in total. The van der Waals surface area contributed by atoms with E-state index < -0.39 is 21.7 Å². The van der Waals surface area contributed by atoms with Gasteiger partial charge in [-0.25, -0.2) is 13.2 Å². The van der Waals surface area contributed by atoms with E-state index in [1.807, 2.05) is 0 Å². The third-order valence-corrected chi connectivity index (χ3v) is 4.25. The number of nitrogens with zero attached hydrogens (tertiary/aromatic N) is 1. The van der Waals surface area contributed by atoms with E-state index in [2.05, 4.69) is 0 Å². The summed E-state index contributed by atoms with van der Waals surface area (Å²) in [6.07, 6.45) is -1.51. The van der Waals surface area contributed by atoms with E-state index in [1.165, 1.54) is 45.0 Å². The van der Waals surface area contributed by atoms with Gasteiger partial charge in [-0.05, 0) is 45.0 Å². The lowest BCUT2D eigenvalue weighted by molar-refractivity contribution is 0.146. The summed E-state index contributed by atoms with van der Waals surface area (Å²) in [5.41, 5.74) is 4.81. The van der Waals surface area contributed by atoms with E-state index in [1.54, 1.807) is 0 Å². The van der Waals surface area contributed by atoms with Crippen LogP contribution in [0.5, 0.6) is 0 Å². The van der Waals surface area contributed by atoms with Gasteiger partial charge in [0, 0.05) is 5.69 Å². The van der Waals surface area contributed by atoms with Crippen molar-refractivity contribution < 1.29 is 18.3 Å². The molecule has 0 aliphatic heterocycles. The van der Waals surface area contributed by atoms with Crippen molar-refractivity contribution >= 4 is 21.8 Å². The van der Waals surface area contributed by atoms with Gasteiger partial charge in [0.1, 0.15) is 0 Å². The maximum atomic E-state index is 12.2. The molecule has 1 aromatic rings. The molecule has 0 bridgehead atoms. The zero-order valence-corrected chi connectivity index (χ0v) is 11.2. The molecule has 0 radical (unpaired) electrons. The molecule has 1 aromatic carbocycles. The topological polar surface area (TPSA) is 101 Å². The molecule has 0 spiro atoms. The highest BCUT2D eigenvalue weighted by Gasteiger charge is 2.38. The molecule has 100 valence electrons. The standard InChI is InChI=1S/C11H16N2O4S/c1-11(2,3)13(10(14)15)18(16,17)9-6-4-8(12)5-7-9/h4-7H,12H2,1-3H3,(H,14,15). The molecule has 0 heterocycles. The fraction of sp³-hybridized carbons (Fsp3) is 0.364. The maximum absolute atomic E-state index is 12.2. The number of nitrogen functional groups attached to an aromatic ring is 1. The van der Waals surface area contributed by atoms with Crippen molar-refractivity contribution in [1.29, 1.82) is 0 Å². The number of hydrogen-bond acceptors (Lipinski definition) is 4. The lowest BCUT2D eigenvalue weighted by atomic mass is 10.1. The largest absolute Gasteiger partial charge is 0.464 e. The Labute approximate surface area is 106 Å². The third-order valence-electron chi connectivity index (χ3n) is 2.20. The van der Waals surface area contributed by atoms with Gasteiger partial charge in [-0.3, -0.25) is 0 Å². The Balaban J connectivity index is 3.35. The van der Waals surface area contributed by atoms with Crippen LogP contribution in [-0.4, -0.2) is 29.5 Å². The molecule has 0 unspecified atom stereocenters. The maximum Gasteiger partial charge on any atom is 0.421 e. The summed E-state index contributed by atoms with van der Waals surface area (Å²) in [7, 11) is -4.10. The number of benzene rings is 1. The van der Waals surface area contributed by atoms with Gasteiger partial charge in [-0.15, -0.1) is 0 Å². The Morgan fingerprint density at radius 2 is 1.67 bits per heavy atom. The number of amides is 1. The van der Waals surface area contributed by atoms with Crippen LogP contribution in [0.1, 0.15) is 20.8 Å². The summed E-state index contributed by atoms with van der Waals surface area (Å²) < 4.78 is 24.9. The summed E-state index contributed by atoms with van der Waals surface area (Å²) >= 11 is 0. The number of rotatable bonds is 2. The van der Waals surface area contributed by atoms with Gasteiger partial charge in [0.2, 0.25) is 0 Å². The van der Waals surface area contributed by atoms with E-state index >= 15 is 0 Å². The Hall–Kier alpha value is -1.76. The van der Waals surface area contributed by atoms with Crippen LogP contribution in [0.15, 0.2) is 29.2 Å². The summed E-state index contributed by atoms with van der Waals surface area (Å²) in [6, 6.07) is 5.39. The molecule has 7 heteroatoms. The van der Waals surface area contributed by atoms with Gasteiger partial charge in [0.05, 0.1) is 10.4 Å². The molecule has 0 atom stereocenters. The van der Waals surface area contributed by atoms with Crippen molar-refractivity contribution in [2.75, 3.05) is 5.73 Å². The van der Waals surface area contributed by atoms with Crippen molar-refractivity contribution in [3.8, 4) is 0 Å². The monoisotopic (exact) mass is 272 g/mol. The molecule has 0 fully saturated rings. The van der Waals surface area contributed by atoms with Gasteiger partial charge in [0.25, 0.3) is 10.0 Å². The van der Waals surface area contributed by atoms with E-state index in [0.29, 0.717) is 9.99 Å².